The first kappa shape index (κ1) is 17.5. The van der Waals surface area contributed by atoms with Gasteiger partial charge in [-0.2, -0.15) is 11.8 Å². The van der Waals surface area contributed by atoms with Crippen LogP contribution in [0.15, 0.2) is 24.3 Å². The highest BCUT2D eigenvalue weighted by Gasteiger charge is 2.14. The normalized spacial score (nSPS) is 11.8. The molecule has 4 N–H and O–H groups in total. The standard InChI is InChI=1S/C15H23N3O2S/c1-17-14(19)8-7-11-5-3-4-6-13(11)18-15(20)12(16)9-10-21-2/h3-6,12H,7-10,16H2,1-2H3,(H,17,19)(H,18,20)/t12-/m0/s1. The Morgan fingerprint density at radius 1 is 1.33 bits per heavy atom. The minimum Gasteiger partial charge on any atom is -0.359 e. The van der Waals surface area contributed by atoms with Gasteiger partial charge in [-0.05, 0) is 36.5 Å². The highest BCUT2D eigenvalue weighted by Crippen LogP contribution is 2.17. The van der Waals surface area contributed by atoms with Crippen molar-refractivity contribution >= 4 is 29.3 Å². The summed E-state index contributed by atoms with van der Waals surface area (Å²) in [5.41, 5.74) is 7.52. The quantitative estimate of drug-likeness (QED) is 0.677. The second-order valence-corrected chi connectivity index (χ2v) is 5.69. The monoisotopic (exact) mass is 309 g/mol. The Morgan fingerprint density at radius 2 is 2.05 bits per heavy atom. The van der Waals surface area contributed by atoms with Crippen LogP contribution in [0.3, 0.4) is 0 Å². The Morgan fingerprint density at radius 3 is 2.71 bits per heavy atom. The van der Waals surface area contributed by atoms with E-state index in [0.717, 1.165) is 17.0 Å². The molecule has 21 heavy (non-hydrogen) atoms. The van der Waals surface area contributed by atoms with Crippen molar-refractivity contribution in [2.75, 3.05) is 24.4 Å². The maximum atomic E-state index is 12.0. The van der Waals surface area contributed by atoms with Crippen molar-refractivity contribution < 1.29 is 9.59 Å². The Balaban J connectivity index is 2.65. The van der Waals surface area contributed by atoms with Crippen LogP contribution in [-0.2, 0) is 16.0 Å². The number of benzene rings is 1. The van der Waals surface area contributed by atoms with Crippen molar-refractivity contribution in [1.29, 1.82) is 0 Å². The molecule has 1 aromatic rings. The van der Waals surface area contributed by atoms with Gasteiger partial charge in [0.2, 0.25) is 11.8 Å². The third-order valence-electron chi connectivity index (χ3n) is 3.15. The summed E-state index contributed by atoms with van der Waals surface area (Å²) in [6, 6.07) is 6.98. The molecule has 1 rings (SSSR count). The molecule has 0 fully saturated rings. The van der Waals surface area contributed by atoms with E-state index in [1.165, 1.54) is 0 Å². The van der Waals surface area contributed by atoms with Crippen LogP contribution in [0, 0.1) is 0 Å². The van der Waals surface area contributed by atoms with Crippen LogP contribution in [0.4, 0.5) is 5.69 Å². The van der Waals surface area contributed by atoms with Crippen molar-refractivity contribution in [1.82, 2.24) is 5.32 Å². The first-order valence-corrected chi connectivity index (χ1v) is 8.31. The van der Waals surface area contributed by atoms with Gasteiger partial charge < -0.3 is 16.4 Å². The number of anilines is 1. The molecule has 0 heterocycles. The van der Waals surface area contributed by atoms with Crippen LogP contribution in [0.1, 0.15) is 18.4 Å². The van der Waals surface area contributed by atoms with Gasteiger partial charge in [0.25, 0.3) is 0 Å². The maximum absolute atomic E-state index is 12.0. The Hall–Kier alpha value is -1.53. The number of thioether (sulfide) groups is 1. The fourth-order valence-electron chi connectivity index (χ4n) is 1.83. The van der Waals surface area contributed by atoms with Crippen LogP contribution >= 0.6 is 11.8 Å². The lowest BCUT2D eigenvalue weighted by atomic mass is 10.1. The van der Waals surface area contributed by atoms with E-state index in [-0.39, 0.29) is 11.8 Å². The number of para-hydroxylation sites is 1. The second kappa shape index (κ2) is 9.41. The zero-order chi connectivity index (χ0) is 15.7. The van der Waals surface area contributed by atoms with Gasteiger partial charge in [0, 0.05) is 19.2 Å². The first-order valence-electron chi connectivity index (χ1n) is 6.92. The van der Waals surface area contributed by atoms with E-state index in [2.05, 4.69) is 10.6 Å². The highest BCUT2D eigenvalue weighted by molar-refractivity contribution is 7.98. The molecule has 0 unspecified atom stereocenters. The summed E-state index contributed by atoms with van der Waals surface area (Å²) < 4.78 is 0. The van der Waals surface area contributed by atoms with E-state index in [4.69, 9.17) is 5.73 Å². The van der Waals surface area contributed by atoms with Crippen LogP contribution in [0.5, 0.6) is 0 Å². The average Bonchev–Trinajstić information content (AvgIpc) is 2.51. The van der Waals surface area contributed by atoms with E-state index in [1.54, 1.807) is 18.8 Å². The molecule has 0 bridgehead atoms. The average molecular weight is 309 g/mol. The van der Waals surface area contributed by atoms with Crippen molar-refractivity contribution in [3.63, 3.8) is 0 Å². The number of rotatable bonds is 8. The van der Waals surface area contributed by atoms with E-state index >= 15 is 0 Å². The largest absolute Gasteiger partial charge is 0.359 e. The predicted molar refractivity (Wildman–Crippen MR) is 88.4 cm³/mol. The lowest BCUT2D eigenvalue weighted by molar-refractivity contribution is -0.120. The summed E-state index contributed by atoms with van der Waals surface area (Å²) in [6.45, 7) is 0. The van der Waals surface area contributed by atoms with E-state index in [0.29, 0.717) is 19.3 Å². The number of carbonyl (C=O) groups is 2. The molecule has 0 aromatic heterocycles. The maximum Gasteiger partial charge on any atom is 0.241 e. The Labute approximate surface area is 130 Å². The summed E-state index contributed by atoms with van der Waals surface area (Å²) in [4.78, 5) is 23.4. The molecule has 5 nitrogen and oxygen atoms in total. The zero-order valence-corrected chi connectivity index (χ0v) is 13.3. The van der Waals surface area contributed by atoms with Crippen molar-refractivity contribution in [2.24, 2.45) is 5.73 Å². The van der Waals surface area contributed by atoms with Crippen LogP contribution in [0.25, 0.3) is 0 Å². The minimum absolute atomic E-state index is 0.0206. The van der Waals surface area contributed by atoms with Crippen molar-refractivity contribution in [2.45, 2.75) is 25.3 Å². The van der Waals surface area contributed by atoms with Gasteiger partial charge in [-0.15, -0.1) is 0 Å². The molecule has 0 radical (unpaired) electrons. The molecular weight excluding hydrogens is 286 g/mol. The van der Waals surface area contributed by atoms with Gasteiger partial charge in [-0.3, -0.25) is 9.59 Å². The van der Waals surface area contributed by atoms with E-state index in [9.17, 15) is 9.59 Å². The van der Waals surface area contributed by atoms with Crippen molar-refractivity contribution in [3.8, 4) is 0 Å². The molecule has 1 atom stereocenters. The van der Waals surface area contributed by atoms with E-state index < -0.39 is 6.04 Å². The fraction of sp³-hybridized carbons (Fsp3) is 0.467. The molecular formula is C15H23N3O2S. The predicted octanol–water partition coefficient (Wildman–Crippen LogP) is 1.38. The molecule has 0 aliphatic heterocycles. The summed E-state index contributed by atoms with van der Waals surface area (Å²) in [5, 5.41) is 5.44. The Kier molecular flexibility index (Phi) is 7.85. The summed E-state index contributed by atoms with van der Waals surface area (Å²) in [6.07, 6.45) is 3.60. The molecule has 6 heteroatoms. The number of aryl methyl sites for hydroxylation is 1. The molecule has 0 aliphatic rings. The number of amides is 2. The summed E-state index contributed by atoms with van der Waals surface area (Å²) >= 11 is 1.67. The minimum atomic E-state index is -0.510. The molecule has 0 aliphatic carbocycles. The molecule has 0 spiro atoms. The van der Waals surface area contributed by atoms with Gasteiger partial charge in [0.1, 0.15) is 0 Å². The topological polar surface area (TPSA) is 84.2 Å². The molecule has 0 saturated carbocycles. The van der Waals surface area contributed by atoms with Gasteiger partial charge >= 0.3 is 0 Å². The third-order valence-corrected chi connectivity index (χ3v) is 3.79. The number of nitrogens with two attached hydrogens (primary N) is 1. The van der Waals surface area contributed by atoms with Crippen LogP contribution in [-0.4, -0.2) is 36.9 Å². The molecule has 116 valence electrons. The van der Waals surface area contributed by atoms with Crippen LogP contribution in [0.2, 0.25) is 0 Å². The first-order chi connectivity index (χ1) is 10.1. The number of hydrogen-bond acceptors (Lipinski definition) is 4. The summed E-state index contributed by atoms with van der Waals surface area (Å²) in [7, 11) is 1.61. The highest BCUT2D eigenvalue weighted by atomic mass is 32.2. The van der Waals surface area contributed by atoms with Gasteiger partial charge in [-0.25, -0.2) is 0 Å². The third kappa shape index (κ3) is 6.18. The number of carbonyl (C=O) groups excluding carboxylic acids is 2. The number of hydrogen-bond donors (Lipinski definition) is 3. The Bertz CT molecular complexity index is 480. The van der Waals surface area contributed by atoms with Crippen LogP contribution < -0.4 is 16.4 Å². The van der Waals surface area contributed by atoms with Gasteiger partial charge in [0.05, 0.1) is 6.04 Å². The molecule has 1 aromatic carbocycles. The van der Waals surface area contributed by atoms with Crippen molar-refractivity contribution in [3.05, 3.63) is 29.8 Å². The number of nitrogens with one attached hydrogen (secondary N) is 2. The molecule has 0 saturated heterocycles. The van der Waals surface area contributed by atoms with Gasteiger partial charge in [-0.1, -0.05) is 18.2 Å². The molecule has 2 amide bonds. The van der Waals surface area contributed by atoms with E-state index in [1.807, 2.05) is 30.5 Å². The smallest absolute Gasteiger partial charge is 0.241 e. The van der Waals surface area contributed by atoms with Gasteiger partial charge in [0.15, 0.2) is 0 Å². The SMILES string of the molecule is CNC(=O)CCc1ccccc1NC(=O)[C@@H](N)CCSC. The summed E-state index contributed by atoms with van der Waals surface area (Å²) in [5.74, 6) is 0.650. The lowest BCUT2D eigenvalue weighted by Crippen LogP contribution is -2.36. The lowest BCUT2D eigenvalue weighted by Gasteiger charge is -2.14. The zero-order valence-electron chi connectivity index (χ0n) is 12.5. The fourth-order valence-corrected chi connectivity index (χ4v) is 2.32. The second-order valence-electron chi connectivity index (χ2n) is 4.71.